The molecule has 0 saturated carbocycles. The fraction of sp³-hybridized carbons (Fsp3) is 0.459. The Labute approximate surface area is 256 Å². The van der Waals surface area contributed by atoms with Gasteiger partial charge in [0, 0.05) is 42.0 Å². The van der Waals surface area contributed by atoms with Crippen LogP contribution in [0.2, 0.25) is 0 Å². The lowest BCUT2D eigenvalue weighted by Crippen LogP contribution is -2.18. The first-order valence-corrected chi connectivity index (χ1v) is 15.3. The summed E-state index contributed by atoms with van der Waals surface area (Å²) in [7, 11) is 1.00. The maximum atomic E-state index is 12.4. The summed E-state index contributed by atoms with van der Waals surface area (Å²) in [6.45, 7) is 11.1. The number of hydrogen-bond acceptors (Lipinski definition) is 6. The van der Waals surface area contributed by atoms with Crippen molar-refractivity contribution in [3.05, 3.63) is 82.6 Å². The van der Waals surface area contributed by atoms with E-state index in [4.69, 9.17) is 19.0 Å². The molecule has 1 N–H and O–H groups in total. The highest BCUT2D eigenvalue weighted by Crippen LogP contribution is 2.28. The summed E-state index contributed by atoms with van der Waals surface area (Å²) >= 11 is 0. The van der Waals surface area contributed by atoms with Crippen molar-refractivity contribution in [3.63, 3.8) is 0 Å². The van der Waals surface area contributed by atoms with Crippen molar-refractivity contribution in [2.45, 2.75) is 79.2 Å². The molecule has 3 aromatic rings. The quantitative estimate of drug-likeness (QED) is 0.142. The Balaban J connectivity index is 0.00000248. The van der Waals surface area contributed by atoms with Gasteiger partial charge in [0.15, 0.2) is 0 Å². The van der Waals surface area contributed by atoms with Crippen LogP contribution in [0.4, 0.5) is 0 Å². The minimum Gasteiger partial charge on any atom is -0.462 e. The molecule has 2 aromatic carbocycles. The van der Waals surface area contributed by atoms with E-state index >= 15 is 0 Å². The molecule has 0 aliphatic carbocycles. The Kier molecular flexibility index (Phi) is 13.1. The van der Waals surface area contributed by atoms with Gasteiger partial charge in [-0.05, 0) is 80.3 Å². The number of aryl methyl sites for hydroxylation is 2. The van der Waals surface area contributed by atoms with Gasteiger partial charge in [0.2, 0.25) is 0 Å². The molecule has 4 rings (SSSR count). The number of fused-ring (bicyclic) bond motifs is 1. The van der Waals surface area contributed by atoms with E-state index in [-0.39, 0.29) is 25.0 Å². The fourth-order valence-electron chi connectivity index (χ4n) is 5.35. The normalized spacial score (nSPS) is 15.4. The molecular weight excluding hydrogens is 540 g/mol. The van der Waals surface area contributed by atoms with Crippen LogP contribution in [0, 0.1) is 36.5 Å². The minimum atomic E-state index is -0.419. The molecule has 1 unspecified atom stereocenters. The predicted molar refractivity (Wildman–Crippen MR) is 170 cm³/mol. The molecule has 6 nitrogen and oxygen atoms in total. The summed E-state index contributed by atoms with van der Waals surface area (Å²) in [5, 5.41) is 7.95. The van der Waals surface area contributed by atoms with Crippen LogP contribution < -0.4 is 0 Å². The molecular formula is C37H46O6. The molecule has 230 valence electrons. The highest BCUT2D eigenvalue weighted by atomic mass is 16.6. The number of furan rings is 1. The molecule has 6 heteroatoms. The largest absolute Gasteiger partial charge is 0.462 e. The first-order chi connectivity index (χ1) is 20.6. The average molecular weight is 587 g/mol. The first-order valence-electron chi connectivity index (χ1n) is 15.3. The summed E-state index contributed by atoms with van der Waals surface area (Å²) in [5.74, 6) is 8.30. The fourth-order valence-corrected chi connectivity index (χ4v) is 5.35. The SMILES string of the molecule is CO.Cc1ccc(C#Cc2ccc3oc(CCC(=O)OCC4C/C(=C\CC(CC(C)C)CC(C)C)C(=O)O4)cc3c2)cc1. The first kappa shape index (κ1) is 33.7. The van der Waals surface area contributed by atoms with Crippen molar-refractivity contribution in [2.24, 2.45) is 17.8 Å². The van der Waals surface area contributed by atoms with Crippen molar-refractivity contribution < 1.29 is 28.6 Å². The number of esters is 2. The molecule has 2 heterocycles. The van der Waals surface area contributed by atoms with Crippen molar-refractivity contribution in [2.75, 3.05) is 13.7 Å². The van der Waals surface area contributed by atoms with Gasteiger partial charge in [-0.1, -0.05) is 63.3 Å². The van der Waals surface area contributed by atoms with Crippen LogP contribution in [0.25, 0.3) is 11.0 Å². The topological polar surface area (TPSA) is 86.0 Å². The Morgan fingerprint density at radius 2 is 1.65 bits per heavy atom. The summed E-state index contributed by atoms with van der Waals surface area (Å²) in [5.41, 5.74) is 4.54. The highest BCUT2D eigenvalue weighted by Gasteiger charge is 2.30. The third-order valence-electron chi connectivity index (χ3n) is 7.27. The Bertz CT molecular complexity index is 1420. The maximum absolute atomic E-state index is 12.4. The van der Waals surface area contributed by atoms with E-state index in [1.165, 1.54) is 5.56 Å². The number of carbonyl (C=O) groups is 2. The van der Waals surface area contributed by atoms with Crippen LogP contribution in [0.15, 0.2) is 64.6 Å². The molecule has 0 bridgehead atoms. The molecule has 43 heavy (non-hydrogen) atoms. The number of ether oxygens (including phenoxy) is 2. The van der Waals surface area contributed by atoms with Gasteiger partial charge in [0.1, 0.15) is 24.1 Å². The van der Waals surface area contributed by atoms with Gasteiger partial charge in [0.25, 0.3) is 0 Å². The van der Waals surface area contributed by atoms with Gasteiger partial charge < -0.3 is 19.0 Å². The summed E-state index contributed by atoms with van der Waals surface area (Å²) in [6.07, 6.45) is 5.90. The second kappa shape index (κ2) is 16.7. The van der Waals surface area contributed by atoms with Gasteiger partial charge in [-0.3, -0.25) is 4.79 Å². The molecule has 0 spiro atoms. The van der Waals surface area contributed by atoms with E-state index < -0.39 is 6.10 Å². The van der Waals surface area contributed by atoms with E-state index in [2.05, 4.69) is 46.5 Å². The van der Waals surface area contributed by atoms with Gasteiger partial charge in [-0.25, -0.2) is 4.79 Å². The molecule has 1 atom stereocenters. The van der Waals surface area contributed by atoms with Crippen molar-refractivity contribution in [1.29, 1.82) is 0 Å². The highest BCUT2D eigenvalue weighted by molar-refractivity contribution is 5.90. The van der Waals surface area contributed by atoms with Gasteiger partial charge in [-0.15, -0.1) is 0 Å². The van der Waals surface area contributed by atoms with E-state index in [1.807, 2.05) is 54.6 Å². The zero-order valence-electron chi connectivity index (χ0n) is 26.4. The molecule has 1 saturated heterocycles. The lowest BCUT2D eigenvalue weighted by atomic mass is 9.86. The van der Waals surface area contributed by atoms with Crippen LogP contribution in [-0.2, 0) is 25.5 Å². The molecule has 0 amide bonds. The van der Waals surface area contributed by atoms with E-state index in [9.17, 15) is 9.59 Å². The monoisotopic (exact) mass is 586 g/mol. The molecule has 1 fully saturated rings. The van der Waals surface area contributed by atoms with Crippen LogP contribution in [0.3, 0.4) is 0 Å². The second-order valence-corrected chi connectivity index (χ2v) is 12.1. The number of benzene rings is 2. The second-order valence-electron chi connectivity index (χ2n) is 12.1. The number of aliphatic hydroxyl groups excluding tert-OH is 1. The van der Waals surface area contributed by atoms with E-state index in [0.717, 1.165) is 54.2 Å². The Hall–Kier alpha value is -3.82. The summed E-state index contributed by atoms with van der Waals surface area (Å²) < 4.78 is 16.8. The Morgan fingerprint density at radius 1 is 1.00 bits per heavy atom. The zero-order valence-corrected chi connectivity index (χ0v) is 26.4. The molecule has 1 aliphatic heterocycles. The van der Waals surface area contributed by atoms with E-state index in [0.29, 0.717) is 36.2 Å². The predicted octanol–water partition coefficient (Wildman–Crippen LogP) is 7.57. The van der Waals surface area contributed by atoms with Crippen LogP contribution in [-0.4, -0.2) is 36.9 Å². The van der Waals surface area contributed by atoms with E-state index in [1.54, 1.807) is 0 Å². The molecule has 0 radical (unpaired) electrons. The number of aliphatic hydroxyl groups is 1. The zero-order chi connectivity index (χ0) is 31.4. The number of allylic oxidation sites excluding steroid dienone is 1. The lowest BCUT2D eigenvalue weighted by molar-refractivity contribution is -0.152. The average Bonchev–Trinajstić information content (AvgIpc) is 3.55. The minimum absolute atomic E-state index is 0.0759. The third-order valence-corrected chi connectivity index (χ3v) is 7.27. The molecule has 1 aliphatic rings. The lowest BCUT2D eigenvalue weighted by Gasteiger charge is -2.19. The smallest absolute Gasteiger partial charge is 0.334 e. The Morgan fingerprint density at radius 3 is 2.33 bits per heavy atom. The van der Waals surface area contributed by atoms with Crippen molar-refractivity contribution in [3.8, 4) is 11.8 Å². The van der Waals surface area contributed by atoms with Gasteiger partial charge >= 0.3 is 11.9 Å². The van der Waals surface area contributed by atoms with Gasteiger partial charge in [-0.2, -0.15) is 0 Å². The maximum Gasteiger partial charge on any atom is 0.334 e. The molecule has 1 aromatic heterocycles. The number of rotatable bonds is 11. The van der Waals surface area contributed by atoms with Crippen molar-refractivity contribution in [1.82, 2.24) is 0 Å². The van der Waals surface area contributed by atoms with Crippen LogP contribution in [0.5, 0.6) is 0 Å². The number of hydrogen-bond donors (Lipinski definition) is 1. The number of cyclic esters (lactones) is 1. The van der Waals surface area contributed by atoms with Crippen molar-refractivity contribution >= 4 is 22.9 Å². The summed E-state index contributed by atoms with van der Waals surface area (Å²) in [4.78, 5) is 24.8. The van der Waals surface area contributed by atoms with Gasteiger partial charge in [0.05, 0.1) is 6.42 Å². The van der Waals surface area contributed by atoms with Crippen LogP contribution in [0.1, 0.15) is 82.2 Å². The number of carbonyl (C=O) groups excluding carboxylic acids is 2. The summed E-state index contributed by atoms with van der Waals surface area (Å²) in [6, 6.07) is 15.9. The van der Waals surface area contributed by atoms with Crippen LogP contribution >= 0.6 is 0 Å². The standard InChI is InChI=1S/C36H42O5.CH4O/c1-24(2)18-29(19-25(3)4)12-14-30-21-33(41-36(30)38)23-39-35(37)17-15-32-22-31-20-28(13-16-34(31)40-32)11-10-27-8-6-26(5)7-9-27;1-2/h6-9,13-14,16,20,22,24-25,29,33H,12,15,17-19,21,23H2,1-5H3;2H,1H3/b30-14+;. The third kappa shape index (κ3) is 11.1.